The van der Waals surface area contributed by atoms with E-state index in [-0.39, 0.29) is 0 Å². The van der Waals surface area contributed by atoms with Crippen LogP contribution >= 0.6 is 23.2 Å². The second-order valence-electron chi connectivity index (χ2n) is 4.49. The molecule has 1 aliphatic carbocycles. The molecule has 0 unspecified atom stereocenters. The second-order valence-corrected chi connectivity index (χ2v) is 5.37. The number of halogens is 2. The van der Waals surface area contributed by atoms with Crippen LogP contribution in [0.3, 0.4) is 0 Å². The van der Waals surface area contributed by atoms with E-state index < -0.39 is 0 Å². The van der Waals surface area contributed by atoms with Crippen molar-refractivity contribution in [2.75, 3.05) is 0 Å². The minimum Gasteiger partial charge on any atom is -0.310 e. The Morgan fingerprint density at radius 3 is 2.25 bits per heavy atom. The van der Waals surface area contributed by atoms with Gasteiger partial charge in [0.2, 0.25) is 0 Å². The first-order valence-electron chi connectivity index (χ1n) is 5.92. The highest BCUT2D eigenvalue weighted by Gasteiger charge is 2.12. The fourth-order valence-corrected chi connectivity index (χ4v) is 2.85. The first kappa shape index (κ1) is 12.2. The molecular formula is C13H17Cl2N. The summed E-state index contributed by atoms with van der Waals surface area (Å²) in [6.45, 7) is 0.866. The van der Waals surface area contributed by atoms with Crippen LogP contribution in [0.4, 0.5) is 0 Å². The van der Waals surface area contributed by atoms with E-state index in [0.717, 1.165) is 6.54 Å². The molecule has 0 aliphatic heterocycles. The lowest BCUT2D eigenvalue weighted by Gasteiger charge is -2.22. The zero-order chi connectivity index (χ0) is 11.4. The minimum atomic E-state index is 0.673. The number of rotatable bonds is 3. The molecule has 0 aromatic heterocycles. The van der Waals surface area contributed by atoms with Gasteiger partial charge in [0.25, 0.3) is 0 Å². The summed E-state index contributed by atoms with van der Waals surface area (Å²) in [5.41, 5.74) is 1.17. The average Bonchev–Trinajstić information content (AvgIpc) is 2.27. The van der Waals surface area contributed by atoms with Gasteiger partial charge in [-0.15, -0.1) is 0 Å². The third-order valence-corrected chi connectivity index (χ3v) is 3.56. The molecule has 16 heavy (non-hydrogen) atoms. The predicted molar refractivity (Wildman–Crippen MR) is 70.2 cm³/mol. The molecule has 1 fully saturated rings. The van der Waals surface area contributed by atoms with E-state index >= 15 is 0 Å². The zero-order valence-electron chi connectivity index (χ0n) is 9.31. The molecule has 1 saturated carbocycles. The van der Waals surface area contributed by atoms with Crippen molar-refractivity contribution in [1.82, 2.24) is 5.32 Å². The SMILES string of the molecule is Clc1cc(Cl)cc(CNC2CCCCC2)c1. The summed E-state index contributed by atoms with van der Waals surface area (Å²) in [5, 5.41) is 5.01. The predicted octanol–water partition coefficient (Wildman–Crippen LogP) is 4.42. The molecule has 0 atom stereocenters. The van der Waals surface area contributed by atoms with Gasteiger partial charge in [-0.05, 0) is 36.6 Å². The Bertz CT molecular complexity index is 326. The third-order valence-electron chi connectivity index (χ3n) is 3.12. The summed E-state index contributed by atoms with van der Waals surface area (Å²) in [7, 11) is 0. The van der Waals surface area contributed by atoms with E-state index in [2.05, 4.69) is 5.32 Å². The van der Waals surface area contributed by atoms with Crippen molar-refractivity contribution < 1.29 is 0 Å². The van der Waals surface area contributed by atoms with E-state index in [1.165, 1.54) is 37.7 Å². The van der Waals surface area contributed by atoms with Gasteiger partial charge >= 0.3 is 0 Å². The van der Waals surface area contributed by atoms with E-state index in [0.29, 0.717) is 16.1 Å². The van der Waals surface area contributed by atoms with Crippen molar-refractivity contribution in [3.05, 3.63) is 33.8 Å². The minimum absolute atomic E-state index is 0.673. The van der Waals surface area contributed by atoms with Gasteiger partial charge in [0.15, 0.2) is 0 Å². The number of benzene rings is 1. The van der Waals surface area contributed by atoms with Crippen LogP contribution in [0.1, 0.15) is 37.7 Å². The van der Waals surface area contributed by atoms with Gasteiger partial charge in [0.05, 0.1) is 0 Å². The summed E-state index contributed by atoms with van der Waals surface area (Å²) < 4.78 is 0. The molecule has 0 saturated heterocycles. The molecule has 0 bridgehead atoms. The molecule has 1 N–H and O–H groups in total. The molecule has 2 rings (SSSR count). The van der Waals surface area contributed by atoms with Gasteiger partial charge < -0.3 is 5.32 Å². The molecular weight excluding hydrogens is 241 g/mol. The van der Waals surface area contributed by atoms with E-state index in [4.69, 9.17) is 23.2 Å². The lowest BCUT2D eigenvalue weighted by Crippen LogP contribution is -2.30. The van der Waals surface area contributed by atoms with E-state index in [1.807, 2.05) is 12.1 Å². The summed E-state index contributed by atoms with van der Waals surface area (Å²) in [6.07, 6.45) is 6.70. The number of nitrogens with one attached hydrogen (secondary N) is 1. The maximum absolute atomic E-state index is 5.96. The Hall–Kier alpha value is -0.240. The summed E-state index contributed by atoms with van der Waals surface area (Å²) in [5.74, 6) is 0. The highest BCUT2D eigenvalue weighted by atomic mass is 35.5. The summed E-state index contributed by atoms with van der Waals surface area (Å²) in [4.78, 5) is 0. The van der Waals surface area contributed by atoms with E-state index in [1.54, 1.807) is 6.07 Å². The quantitative estimate of drug-likeness (QED) is 0.846. The van der Waals surface area contributed by atoms with Crippen molar-refractivity contribution in [2.24, 2.45) is 0 Å². The molecule has 1 aliphatic rings. The molecule has 1 aromatic carbocycles. The normalized spacial score (nSPS) is 17.6. The Morgan fingerprint density at radius 2 is 1.62 bits per heavy atom. The van der Waals surface area contributed by atoms with Crippen molar-refractivity contribution >= 4 is 23.2 Å². The fourth-order valence-electron chi connectivity index (χ4n) is 2.28. The zero-order valence-corrected chi connectivity index (χ0v) is 10.8. The summed E-state index contributed by atoms with van der Waals surface area (Å²) >= 11 is 11.9. The van der Waals surface area contributed by atoms with Crippen molar-refractivity contribution in [3.63, 3.8) is 0 Å². The molecule has 88 valence electrons. The average molecular weight is 258 g/mol. The van der Waals surface area contributed by atoms with Crippen LogP contribution in [0.2, 0.25) is 10.0 Å². The monoisotopic (exact) mass is 257 g/mol. The summed E-state index contributed by atoms with van der Waals surface area (Å²) in [6, 6.07) is 6.39. The molecule has 3 heteroatoms. The molecule has 1 aromatic rings. The van der Waals surface area contributed by atoms with Crippen LogP contribution in [0, 0.1) is 0 Å². The van der Waals surface area contributed by atoms with Gasteiger partial charge in [-0.1, -0.05) is 42.5 Å². The molecule has 0 spiro atoms. The first-order valence-corrected chi connectivity index (χ1v) is 6.68. The Labute approximate surface area is 107 Å². The van der Waals surface area contributed by atoms with Crippen LogP contribution in [0.15, 0.2) is 18.2 Å². The molecule has 0 amide bonds. The number of hydrogen-bond acceptors (Lipinski definition) is 1. The maximum Gasteiger partial charge on any atom is 0.0424 e. The van der Waals surface area contributed by atoms with Gasteiger partial charge in [-0.2, -0.15) is 0 Å². The second kappa shape index (κ2) is 5.90. The van der Waals surface area contributed by atoms with E-state index in [9.17, 15) is 0 Å². The van der Waals surface area contributed by atoms with Crippen LogP contribution in [0.25, 0.3) is 0 Å². The Balaban J connectivity index is 1.88. The van der Waals surface area contributed by atoms with Gasteiger partial charge in [0, 0.05) is 22.6 Å². The topological polar surface area (TPSA) is 12.0 Å². The Morgan fingerprint density at radius 1 is 1.00 bits per heavy atom. The van der Waals surface area contributed by atoms with Crippen molar-refractivity contribution in [2.45, 2.75) is 44.7 Å². The largest absolute Gasteiger partial charge is 0.310 e. The van der Waals surface area contributed by atoms with Crippen molar-refractivity contribution in [3.8, 4) is 0 Å². The lowest BCUT2D eigenvalue weighted by atomic mass is 9.95. The van der Waals surface area contributed by atoms with Gasteiger partial charge in [0.1, 0.15) is 0 Å². The van der Waals surface area contributed by atoms with Gasteiger partial charge in [-0.3, -0.25) is 0 Å². The molecule has 0 heterocycles. The third kappa shape index (κ3) is 3.65. The van der Waals surface area contributed by atoms with Crippen molar-refractivity contribution in [1.29, 1.82) is 0 Å². The Kier molecular flexibility index (Phi) is 4.51. The molecule has 1 nitrogen and oxygen atoms in total. The lowest BCUT2D eigenvalue weighted by molar-refractivity contribution is 0.372. The fraction of sp³-hybridized carbons (Fsp3) is 0.538. The highest BCUT2D eigenvalue weighted by molar-refractivity contribution is 6.34. The standard InChI is InChI=1S/C13H17Cl2N/c14-11-6-10(7-12(15)8-11)9-16-13-4-2-1-3-5-13/h6-8,13,16H,1-5,9H2. The van der Waals surface area contributed by atoms with Crippen LogP contribution in [0.5, 0.6) is 0 Å². The first-order chi connectivity index (χ1) is 7.74. The van der Waals surface area contributed by atoms with Gasteiger partial charge in [-0.25, -0.2) is 0 Å². The van der Waals surface area contributed by atoms with Crippen LogP contribution < -0.4 is 5.32 Å². The van der Waals surface area contributed by atoms with Crippen LogP contribution in [-0.4, -0.2) is 6.04 Å². The maximum atomic E-state index is 5.96. The molecule has 0 radical (unpaired) electrons. The number of hydrogen-bond donors (Lipinski definition) is 1. The smallest absolute Gasteiger partial charge is 0.0424 e. The van der Waals surface area contributed by atoms with Crippen LogP contribution in [-0.2, 0) is 6.54 Å². The highest BCUT2D eigenvalue weighted by Crippen LogP contribution is 2.21.